The fraction of sp³-hybridized carbons (Fsp3) is 0.348. The summed E-state index contributed by atoms with van der Waals surface area (Å²) in [4.78, 5) is 29.8. The van der Waals surface area contributed by atoms with Crippen LogP contribution in [-0.4, -0.2) is 40.5 Å². The Bertz CT molecular complexity index is 1060. The maximum absolute atomic E-state index is 13.2. The van der Waals surface area contributed by atoms with Gasteiger partial charge in [-0.1, -0.05) is 0 Å². The number of carbonyl (C=O) groups is 2. The molecule has 1 fully saturated rings. The predicted octanol–water partition coefficient (Wildman–Crippen LogP) is 3.48. The fourth-order valence-corrected chi connectivity index (χ4v) is 4.12. The van der Waals surface area contributed by atoms with Crippen molar-refractivity contribution in [3.05, 3.63) is 65.9 Å². The molecule has 4 rings (SSSR count). The van der Waals surface area contributed by atoms with Gasteiger partial charge in [0, 0.05) is 42.1 Å². The van der Waals surface area contributed by atoms with Crippen molar-refractivity contribution in [2.75, 3.05) is 7.11 Å². The van der Waals surface area contributed by atoms with Gasteiger partial charge in [-0.2, -0.15) is 0 Å². The molecule has 1 amide bonds. The van der Waals surface area contributed by atoms with Gasteiger partial charge in [-0.3, -0.25) is 14.6 Å². The Morgan fingerprint density at radius 3 is 2.80 bits per heavy atom. The first-order valence-electron chi connectivity index (χ1n) is 10.1. The molecule has 6 nitrogen and oxygen atoms in total. The molecule has 156 valence electrons. The summed E-state index contributed by atoms with van der Waals surface area (Å²) < 4.78 is 20.4. The number of benzene rings is 1. The lowest BCUT2D eigenvalue weighted by Crippen LogP contribution is -2.41. The number of ketones is 1. The van der Waals surface area contributed by atoms with Crippen LogP contribution in [0.1, 0.15) is 41.6 Å². The van der Waals surface area contributed by atoms with Gasteiger partial charge in [0.05, 0.1) is 17.8 Å². The number of nitrogens with one attached hydrogen (secondary N) is 1. The van der Waals surface area contributed by atoms with Crippen molar-refractivity contribution in [2.24, 2.45) is 0 Å². The third kappa shape index (κ3) is 4.26. The number of carbonyl (C=O) groups excluding carboxylic acids is 2. The molecule has 7 heteroatoms. The zero-order valence-electron chi connectivity index (χ0n) is 16.8. The summed E-state index contributed by atoms with van der Waals surface area (Å²) >= 11 is 0. The Morgan fingerprint density at radius 2 is 2.03 bits per heavy atom. The van der Waals surface area contributed by atoms with Crippen molar-refractivity contribution in [3.8, 4) is 0 Å². The van der Waals surface area contributed by atoms with E-state index < -0.39 is 5.82 Å². The maximum Gasteiger partial charge on any atom is 0.240 e. The number of hydrogen-bond donors (Lipinski definition) is 1. The van der Waals surface area contributed by atoms with E-state index in [1.54, 1.807) is 36.3 Å². The molecule has 2 heterocycles. The Hall–Kier alpha value is -3.06. The van der Waals surface area contributed by atoms with Crippen LogP contribution in [0.3, 0.4) is 0 Å². The summed E-state index contributed by atoms with van der Waals surface area (Å²) in [7, 11) is 1.70. The van der Waals surface area contributed by atoms with Crippen molar-refractivity contribution in [2.45, 2.75) is 44.4 Å². The van der Waals surface area contributed by atoms with E-state index in [2.05, 4.69) is 10.3 Å². The number of fused-ring (bicyclic) bond motifs is 1. The first-order chi connectivity index (χ1) is 14.5. The van der Waals surface area contributed by atoms with Gasteiger partial charge in [0.2, 0.25) is 5.91 Å². The molecular formula is C23H24FN3O3. The second-order valence-electron chi connectivity index (χ2n) is 7.69. The van der Waals surface area contributed by atoms with Crippen LogP contribution in [-0.2, 0) is 16.1 Å². The second-order valence-corrected chi connectivity index (χ2v) is 7.69. The van der Waals surface area contributed by atoms with Gasteiger partial charge in [0.25, 0.3) is 0 Å². The molecule has 2 atom stereocenters. The summed E-state index contributed by atoms with van der Waals surface area (Å²) in [6.45, 7) is 0.0903. The van der Waals surface area contributed by atoms with Crippen molar-refractivity contribution in [1.82, 2.24) is 14.9 Å². The highest BCUT2D eigenvalue weighted by Crippen LogP contribution is 2.24. The zero-order chi connectivity index (χ0) is 21.1. The minimum Gasteiger partial charge on any atom is -0.381 e. The molecule has 3 aromatic rings. The van der Waals surface area contributed by atoms with Crippen LogP contribution in [0.15, 0.2) is 48.9 Å². The summed E-state index contributed by atoms with van der Waals surface area (Å²) in [5.41, 5.74) is 1.56. The molecule has 0 unspecified atom stereocenters. The second kappa shape index (κ2) is 8.75. The number of aromatic nitrogens is 2. The molecule has 1 saturated carbocycles. The summed E-state index contributed by atoms with van der Waals surface area (Å²) in [5, 5.41) is 3.80. The number of amides is 1. The standard InChI is InChI=1S/C23H24FN3O3/c1-30-18-4-2-3-17(11-18)26-22(28)14-27-13-20(19-9-10-25-12-21(19)27)23(29)15-5-7-16(24)8-6-15/h5-10,12-13,17-18H,2-4,11,14H2,1H3,(H,26,28)/t17-,18-/m1/s1. The van der Waals surface area contributed by atoms with Crippen LogP contribution >= 0.6 is 0 Å². The van der Waals surface area contributed by atoms with Gasteiger partial charge in [-0.15, -0.1) is 0 Å². The molecule has 30 heavy (non-hydrogen) atoms. The molecule has 1 aromatic carbocycles. The highest BCUT2D eigenvalue weighted by Gasteiger charge is 2.24. The van der Waals surface area contributed by atoms with Crippen molar-refractivity contribution >= 4 is 22.6 Å². The van der Waals surface area contributed by atoms with Gasteiger partial charge >= 0.3 is 0 Å². The number of nitrogens with zero attached hydrogens (tertiary/aromatic N) is 2. The molecule has 0 bridgehead atoms. The number of rotatable bonds is 6. The third-order valence-electron chi connectivity index (χ3n) is 5.67. The molecule has 0 aliphatic heterocycles. The predicted molar refractivity (Wildman–Crippen MR) is 111 cm³/mol. The lowest BCUT2D eigenvalue weighted by Gasteiger charge is -2.28. The van der Waals surface area contributed by atoms with E-state index >= 15 is 0 Å². The Balaban J connectivity index is 1.55. The number of halogens is 1. The van der Waals surface area contributed by atoms with Crippen LogP contribution in [0, 0.1) is 5.82 Å². The molecular weight excluding hydrogens is 385 g/mol. The zero-order valence-corrected chi connectivity index (χ0v) is 16.8. The largest absolute Gasteiger partial charge is 0.381 e. The van der Waals surface area contributed by atoms with E-state index in [1.165, 1.54) is 24.3 Å². The molecule has 1 aliphatic rings. The molecule has 1 N–H and O–H groups in total. The summed E-state index contributed by atoms with van der Waals surface area (Å²) in [6.07, 6.45) is 8.91. The van der Waals surface area contributed by atoms with Gasteiger partial charge < -0.3 is 14.6 Å². The number of pyridine rings is 1. The SMILES string of the molecule is CO[C@@H]1CCC[C@@H](NC(=O)Cn2cc(C(=O)c3ccc(F)cc3)c3ccncc32)C1. The van der Waals surface area contributed by atoms with Crippen LogP contribution in [0.25, 0.3) is 10.9 Å². The molecule has 1 aliphatic carbocycles. The Kier molecular flexibility index (Phi) is 5.90. The van der Waals surface area contributed by atoms with E-state index in [0.717, 1.165) is 25.7 Å². The molecule has 0 radical (unpaired) electrons. The number of ether oxygens (including phenoxy) is 1. The minimum atomic E-state index is -0.395. The van der Waals surface area contributed by atoms with Crippen molar-refractivity contribution < 1.29 is 18.7 Å². The van der Waals surface area contributed by atoms with Gasteiger partial charge in [0.1, 0.15) is 12.4 Å². The summed E-state index contributed by atoms with van der Waals surface area (Å²) in [6, 6.07) is 7.30. The molecule has 2 aromatic heterocycles. The Labute approximate surface area is 174 Å². The third-order valence-corrected chi connectivity index (χ3v) is 5.67. The van der Waals surface area contributed by atoms with Gasteiger partial charge in [0.15, 0.2) is 5.78 Å². The number of hydrogen-bond acceptors (Lipinski definition) is 4. The topological polar surface area (TPSA) is 73.2 Å². The quantitative estimate of drug-likeness (QED) is 0.633. The maximum atomic E-state index is 13.2. The molecule has 0 saturated heterocycles. The fourth-order valence-electron chi connectivity index (χ4n) is 4.12. The van der Waals surface area contributed by atoms with E-state index in [1.807, 2.05) is 0 Å². The number of methoxy groups -OCH3 is 1. The monoisotopic (exact) mass is 409 g/mol. The van der Waals surface area contributed by atoms with E-state index in [9.17, 15) is 14.0 Å². The van der Waals surface area contributed by atoms with E-state index in [4.69, 9.17) is 4.74 Å². The van der Waals surface area contributed by atoms with E-state index in [0.29, 0.717) is 22.0 Å². The van der Waals surface area contributed by atoms with Gasteiger partial charge in [-0.05, 0) is 56.0 Å². The average Bonchev–Trinajstić information content (AvgIpc) is 3.12. The highest BCUT2D eigenvalue weighted by molar-refractivity contribution is 6.16. The van der Waals surface area contributed by atoms with Crippen LogP contribution in [0.2, 0.25) is 0 Å². The first-order valence-corrected chi connectivity index (χ1v) is 10.1. The normalized spacial score (nSPS) is 19.0. The van der Waals surface area contributed by atoms with Gasteiger partial charge in [-0.25, -0.2) is 4.39 Å². The van der Waals surface area contributed by atoms with Crippen LogP contribution < -0.4 is 5.32 Å². The minimum absolute atomic E-state index is 0.0903. The Morgan fingerprint density at radius 1 is 1.23 bits per heavy atom. The van der Waals surface area contributed by atoms with Crippen LogP contribution in [0.5, 0.6) is 0 Å². The van der Waals surface area contributed by atoms with Crippen LogP contribution in [0.4, 0.5) is 4.39 Å². The lowest BCUT2D eigenvalue weighted by atomic mass is 9.93. The smallest absolute Gasteiger partial charge is 0.240 e. The lowest BCUT2D eigenvalue weighted by molar-refractivity contribution is -0.122. The van der Waals surface area contributed by atoms with E-state index in [-0.39, 0.29) is 30.4 Å². The summed E-state index contributed by atoms with van der Waals surface area (Å²) in [5.74, 6) is -0.730. The molecule has 0 spiro atoms. The van der Waals surface area contributed by atoms with Crippen molar-refractivity contribution in [1.29, 1.82) is 0 Å². The highest BCUT2D eigenvalue weighted by atomic mass is 19.1. The first kappa shape index (κ1) is 20.2. The van der Waals surface area contributed by atoms with Crippen molar-refractivity contribution in [3.63, 3.8) is 0 Å². The average molecular weight is 409 g/mol.